The fourth-order valence-corrected chi connectivity index (χ4v) is 4.48. The molecule has 0 radical (unpaired) electrons. The summed E-state index contributed by atoms with van der Waals surface area (Å²) in [4.78, 5) is 4.89. The zero-order chi connectivity index (χ0) is 22.8. The van der Waals surface area contributed by atoms with Gasteiger partial charge < -0.3 is 4.90 Å². The third-order valence-electron chi connectivity index (χ3n) is 6.42. The van der Waals surface area contributed by atoms with Crippen LogP contribution in [0.2, 0.25) is 0 Å². The first-order valence-electron chi connectivity index (χ1n) is 11.5. The van der Waals surface area contributed by atoms with Crippen LogP contribution in [-0.4, -0.2) is 52.8 Å². The van der Waals surface area contributed by atoms with Crippen molar-refractivity contribution in [2.45, 2.75) is 13.5 Å². The third-order valence-corrected chi connectivity index (χ3v) is 6.42. The Morgan fingerprint density at radius 3 is 2.15 bits per heavy atom. The third kappa shape index (κ3) is 4.75. The van der Waals surface area contributed by atoms with E-state index in [0.717, 1.165) is 55.2 Å². The molecule has 0 atom stereocenters. The molecule has 4 aromatic rings. The van der Waals surface area contributed by atoms with Crippen molar-refractivity contribution in [1.29, 1.82) is 0 Å². The first kappa shape index (κ1) is 21.6. The molecular formula is C28H29FN4. The van der Waals surface area contributed by atoms with Gasteiger partial charge in [-0.1, -0.05) is 48.0 Å². The second-order valence-electron chi connectivity index (χ2n) is 8.93. The summed E-state index contributed by atoms with van der Waals surface area (Å²) in [6, 6.07) is 23.6. The molecule has 33 heavy (non-hydrogen) atoms. The normalized spacial score (nSPS) is 15.1. The molecular weight excluding hydrogens is 411 g/mol. The highest BCUT2D eigenvalue weighted by Gasteiger charge is 2.20. The van der Waals surface area contributed by atoms with Crippen molar-refractivity contribution in [2.75, 3.05) is 33.2 Å². The molecule has 0 spiro atoms. The minimum Gasteiger partial charge on any atom is -0.304 e. The zero-order valence-electron chi connectivity index (χ0n) is 19.2. The van der Waals surface area contributed by atoms with E-state index in [1.54, 1.807) is 0 Å². The molecule has 0 N–H and O–H groups in total. The van der Waals surface area contributed by atoms with Crippen molar-refractivity contribution in [3.63, 3.8) is 0 Å². The van der Waals surface area contributed by atoms with E-state index in [1.165, 1.54) is 28.8 Å². The Hall–Kier alpha value is -3.28. The van der Waals surface area contributed by atoms with Crippen LogP contribution in [0.5, 0.6) is 0 Å². The first-order chi connectivity index (χ1) is 16.1. The van der Waals surface area contributed by atoms with E-state index in [2.05, 4.69) is 77.0 Å². The van der Waals surface area contributed by atoms with Gasteiger partial charge in [-0.2, -0.15) is 5.10 Å². The Balaban J connectivity index is 1.50. The lowest BCUT2D eigenvalue weighted by atomic mass is 10.0. The smallest absolute Gasteiger partial charge is 0.123 e. The number of hydrogen-bond donors (Lipinski definition) is 0. The summed E-state index contributed by atoms with van der Waals surface area (Å²) >= 11 is 0. The molecule has 1 aliphatic rings. The molecule has 2 heterocycles. The lowest BCUT2D eigenvalue weighted by Crippen LogP contribution is -2.43. The van der Waals surface area contributed by atoms with E-state index >= 15 is 0 Å². The number of rotatable bonds is 5. The van der Waals surface area contributed by atoms with E-state index in [0.29, 0.717) is 0 Å². The number of nitrogens with zero attached hydrogens (tertiary/aromatic N) is 4. The Kier molecular flexibility index (Phi) is 6.07. The summed E-state index contributed by atoms with van der Waals surface area (Å²) in [5.41, 5.74) is 7.87. The van der Waals surface area contributed by atoms with Gasteiger partial charge in [-0.15, -0.1) is 0 Å². The number of piperazine rings is 1. The van der Waals surface area contributed by atoms with Crippen molar-refractivity contribution >= 4 is 0 Å². The molecule has 0 saturated carbocycles. The number of halogens is 1. The van der Waals surface area contributed by atoms with Crippen LogP contribution >= 0.6 is 0 Å². The van der Waals surface area contributed by atoms with Gasteiger partial charge in [-0.25, -0.2) is 9.07 Å². The van der Waals surface area contributed by atoms with Gasteiger partial charge in [0.05, 0.1) is 17.6 Å². The van der Waals surface area contributed by atoms with Gasteiger partial charge in [0.15, 0.2) is 0 Å². The Morgan fingerprint density at radius 2 is 1.48 bits per heavy atom. The molecule has 168 valence electrons. The molecule has 0 unspecified atom stereocenters. The van der Waals surface area contributed by atoms with Crippen LogP contribution in [0.3, 0.4) is 0 Å². The summed E-state index contributed by atoms with van der Waals surface area (Å²) in [5, 5.41) is 4.82. The molecule has 4 nitrogen and oxygen atoms in total. The van der Waals surface area contributed by atoms with E-state index in [-0.39, 0.29) is 5.82 Å². The number of benzene rings is 3. The molecule has 0 amide bonds. The second-order valence-corrected chi connectivity index (χ2v) is 8.93. The number of hydrogen-bond acceptors (Lipinski definition) is 3. The van der Waals surface area contributed by atoms with Gasteiger partial charge in [0.1, 0.15) is 5.82 Å². The van der Waals surface area contributed by atoms with E-state index in [9.17, 15) is 4.39 Å². The van der Waals surface area contributed by atoms with Gasteiger partial charge >= 0.3 is 0 Å². The maximum Gasteiger partial charge on any atom is 0.123 e. The zero-order valence-corrected chi connectivity index (χ0v) is 19.2. The standard InChI is InChI=1S/C28H29FN4/c1-21-4-3-5-24(18-21)28-25(20-32-16-14-31(2)15-17-32)19-30-33(28)27-12-8-23(9-13-27)22-6-10-26(29)11-7-22/h3-13,18-19H,14-17,20H2,1-2H3. The SMILES string of the molecule is Cc1cccc(-c2c(CN3CCN(C)CC3)cnn2-c2ccc(-c3ccc(F)cc3)cc2)c1. The lowest BCUT2D eigenvalue weighted by molar-refractivity contribution is 0.148. The predicted octanol–water partition coefficient (Wildman–Crippen LogP) is 5.40. The molecule has 1 saturated heterocycles. The summed E-state index contributed by atoms with van der Waals surface area (Å²) < 4.78 is 15.3. The van der Waals surface area contributed by atoms with Crippen LogP contribution < -0.4 is 0 Å². The average molecular weight is 441 g/mol. The first-order valence-corrected chi connectivity index (χ1v) is 11.5. The van der Waals surface area contributed by atoms with E-state index in [1.807, 2.05) is 18.3 Å². The highest BCUT2D eigenvalue weighted by Crippen LogP contribution is 2.30. The fraction of sp³-hybridized carbons (Fsp3) is 0.250. The number of aromatic nitrogens is 2. The minimum absolute atomic E-state index is 0.220. The molecule has 1 aromatic heterocycles. The maximum absolute atomic E-state index is 13.3. The van der Waals surface area contributed by atoms with Gasteiger partial charge in [0.2, 0.25) is 0 Å². The lowest BCUT2D eigenvalue weighted by Gasteiger charge is -2.32. The van der Waals surface area contributed by atoms with Crippen LogP contribution in [0.15, 0.2) is 79.0 Å². The summed E-state index contributed by atoms with van der Waals surface area (Å²) in [6.45, 7) is 7.35. The fourth-order valence-electron chi connectivity index (χ4n) is 4.48. The molecule has 1 aliphatic heterocycles. The highest BCUT2D eigenvalue weighted by atomic mass is 19.1. The van der Waals surface area contributed by atoms with Crippen molar-refractivity contribution in [3.8, 4) is 28.1 Å². The summed E-state index contributed by atoms with van der Waals surface area (Å²) in [7, 11) is 2.18. The number of likely N-dealkylation sites (N-methyl/N-ethyl adjacent to an activating group) is 1. The quantitative estimate of drug-likeness (QED) is 0.415. The molecule has 3 aromatic carbocycles. The van der Waals surface area contributed by atoms with Gasteiger partial charge in [0, 0.05) is 43.9 Å². The maximum atomic E-state index is 13.3. The summed E-state index contributed by atoms with van der Waals surface area (Å²) in [6.07, 6.45) is 2.02. The molecule has 1 fully saturated rings. The average Bonchev–Trinajstić information content (AvgIpc) is 3.25. The second kappa shape index (κ2) is 9.30. The van der Waals surface area contributed by atoms with E-state index in [4.69, 9.17) is 5.10 Å². The van der Waals surface area contributed by atoms with Crippen LogP contribution in [0.4, 0.5) is 4.39 Å². The van der Waals surface area contributed by atoms with Crippen molar-refractivity contribution in [3.05, 3.63) is 95.9 Å². The van der Waals surface area contributed by atoms with Crippen LogP contribution in [0.1, 0.15) is 11.1 Å². The highest BCUT2D eigenvalue weighted by molar-refractivity contribution is 5.68. The molecule has 0 aliphatic carbocycles. The monoisotopic (exact) mass is 440 g/mol. The summed E-state index contributed by atoms with van der Waals surface area (Å²) in [5.74, 6) is -0.220. The molecule has 0 bridgehead atoms. The Bertz CT molecular complexity index is 1220. The number of aryl methyl sites for hydroxylation is 1. The Morgan fingerprint density at radius 1 is 0.818 bits per heavy atom. The van der Waals surface area contributed by atoms with E-state index < -0.39 is 0 Å². The van der Waals surface area contributed by atoms with Crippen molar-refractivity contribution in [2.24, 2.45) is 0 Å². The topological polar surface area (TPSA) is 24.3 Å². The van der Waals surface area contributed by atoms with Gasteiger partial charge in [-0.3, -0.25) is 4.90 Å². The van der Waals surface area contributed by atoms with Crippen molar-refractivity contribution in [1.82, 2.24) is 19.6 Å². The Labute approximate surface area is 194 Å². The van der Waals surface area contributed by atoms with Crippen LogP contribution in [-0.2, 0) is 6.54 Å². The van der Waals surface area contributed by atoms with Crippen molar-refractivity contribution < 1.29 is 4.39 Å². The van der Waals surface area contributed by atoms with Gasteiger partial charge in [0.25, 0.3) is 0 Å². The minimum atomic E-state index is -0.220. The molecule has 5 rings (SSSR count). The molecule has 5 heteroatoms. The van der Waals surface area contributed by atoms with Gasteiger partial charge in [-0.05, 0) is 55.4 Å². The van der Waals surface area contributed by atoms with Crippen LogP contribution in [0, 0.1) is 12.7 Å². The largest absolute Gasteiger partial charge is 0.304 e. The van der Waals surface area contributed by atoms with Crippen LogP contribution in [0.25, 0.3) is 28.1 Å². The predicted molar refractivity (Wildman–Crippen MR) is 132 cm³/mol.